The van der Waals surface area contributed by atoms with Crippen molar-refractivity contribution in [1.82, 2.24) is 10.6 Å². The van der Waals surface area contributed by atoms with Crippen molar-refractivity contribution in [3.63, 3.8) is 0 Å². The molecule has 25 heavy (non-hydrogen) atoms. The van der Waals surface area contributed by atoms with Gasteiger partial charge in [0.25, 0.3) is 5.91 Å². The minimum atomic E-state index is -0.652. The Hall–Kier alpha value is -2.57. The number of furan rings is 1. The standard InChI is InChI=1S/C18H24N2O5/c21-16(13-25-17(22)9-8-15-7-4-12-24-15)20-18(23)19-11-10-14-5-2-1-3-6-14/h4-5,7,12H,1-3,6,8-11,13H2,(H2,19,20,21,23). The van der Waals surface area contributed by atoms with Crippen molar-refractivity contribution in [3.05, 3.63) is 35.8 Å². The Labute approximate surface area is 146 Å². The van der Waals surface area contributed by atoms with E-state index in [1.54, 1.807) is 12.1 Å². The largest absolute Gasteiger partial charge is 0.469 e. The van der Waals surface area contributed by atoms with E-state index in [1.807, 2.05) is 0 Å². The lowest BCUT2D eigenvalue weighted by atomic mass is 9.97. The number of esters is 1. The molecule has 0 aromatic carbocycles. The van der Waals surface area contributed by atoms with Crippen molar-refractivity contribution in [2.24, 2.45) is 0 Å². The fourth-order valence-electron chi connectivity index (χ4n) is 2.57. The van der Waals surface area contributed by atoms with Gasteiger partial charge in [0, 0.05) is 13.0 Å². The van der Waals surface area contributed by atoms with Gasteiger partial charge in [-0.15, -0.1) is 0 Å². The number of carbonyl (C=O) groups is 3. The summed E-state index contributed by atoms with van der Waals surface area (Å²) in [5, 5.41) is 4.77. The summed E-state index contributed by atoms with van der Waals surface area (Å²) >= 11 is 0. The first-order chi connectivity index (χ1) is 12.1. The van der Waals surface area contributed by atoms with Gasteiger partial charge in [-0.25, -0.2) is 4.79 Å². The number of nitrogens with one attached hydrogen (secondary N) is 2. The molecule has 3 amide bonds. The SMILES string of the molecule is O=C(COC(=O)CCc1ccco1)NC(=O)NCCC1=CCCCC1. The van der Waals surface area contributed by atoms with Gasteiger partial charge in [-0.1, -0.05) is 11.6 Å². The molecule has 0 unspecified atom stereocenters. The highest BCUT2D eigenvalue weighted by atomic mass is 16.5. The minimum Gasteiger partial charge on any atom is -0.469 e. The van der Waals surface area contributed by atoms with Crippen LogP contribution in [0.5, 0.6) is 0 Å². The number of ether oxygens (including phenoxy) is 1. The number of aryl methyl sites for hydroxylation is 1. The molecule has 0 bridgehead atoms. The first kappa shape index (κ1) is 18.8. The van der Waals surface area contributed by atoms with Crippen molar-refractivity contribution in [2.75, 3.05) is 13.2 Å². The molecule has 0 spiro atoms. The van der Waals surface area contributed by atoms with Crippen LogP contribution in [-0.4, -0.2) is 31.1 Å². The molecule has 136 valence electrons. The van der Waals surface area contributed by atoms with E-state index in [4.69, 9.17) is 9.15 Å². The molecular weight excluding hydrogens is 324 g/mol. The zero-order valence-electron chi connectivity index (χ0n) is 14.2. The second-order valence-corrected chi connectivity index (χ2v) is 5.90. The van der Waals surface area contributed by atoms with Crippen LogP contribution in [0.25, 0.3) is 0 Å². The Kier molecular flexibility index (Phi) is 7.75. The predicted molar refractivity (Wildman–Crippen MR) is 90.7 cm³/mol. The summed E-state index contributed by atoms with van der Waals surface area (Å²) in [6.45, 7) is 0.00341. The molecule has 1 aliphatic rings. The molecule has 7 heteroatoms. The fourth-order valence-corrected chi connectivity index (χ4v) is 2.57. The van der Waals surface area contributed by atoms with Gasteiger partial charge in [-0.2, -0.15) is 0 Å². The summed E-state index contributed by atoms with van der Waals surface area (Å²) in [6.07, 6.45) is 9.67. The van der Waals surface area contributed by atoms with Crippen LogP contribution in [0.2, 0.25) is 0 Å². The molecule has 0 saturated carbocycles. The molecule has 1 aromatic heterocycles. The van der Waals surface area contributed by atoms with E-state index in [9.17, 15) is 14.4 Å². The number of carbonyl (C=O) groups excluding carboxylic acids is 3. The number of allylic oxidation sites excluding steroid dienone is 1. The van der Waals surface area contributed by atoms with Crippen LogP contribution in [0, 0.1) is 0 Å². The molecule has 7 nitrogen and oxygen atoms in total. The number of urea groups is 1. The lowest BCUT2D eigenvalue weighted by Gasteiger charge is -2.13. The van der Waals surface area contributed by atoms with Crippen molar-refractivity contribution in [3.8, 4) is 0 Å². The second-order valence-electron chi connectivity index (χ2n) is 5.90. The lowest BCUT2D eigenvalue weighted by molar-refractivity contribution is -0.148. The molecule has 0 aliphatic heterocycles. The molecule has 1 aliphatic carbocycles. The van der Waals surface area contributed by atoms with Crippen molar-refractivity contribution < 1.29 is 23.5 Å². The van der Waals surface area contributed by atoms with E-state index in [0.29, 0.717) is 18.7 Å². The van der Waals surface area contributed by atoms with Crippen LogP contribution < -0.4 is 10.6 Å². The summed E-state index contributed by atoms with van der Waals surface area (Å²) in [6, 6.07) is 2.92. The fraction of sp³-hybridized carbons (Fsp3) is 0.500. The summed E-state index contributed by atoms with van der Waals surface area (Å²) in [4.78, 5) is 34.7. The monoisotopic (exact) mass is 348 g/mol. The average Bonchev–Trinajstić information content (AvgIpc) is 3.12. The Morgan fingerprint density at radius 3 is 2.80 bits per heavy atom. The lowest BCUT2D eigenvalue weighted by Crippen LogP contribution is -2.41. The highest BCUT2D eigenvalue weighted by molar-refractivity contribution is 5.95. The van der Waals surface area contributed by atoms with Gasteiger partial charge in [0.15, 0.2) is 6.61 Å². The maximum atomic E-state index is 11.6. The van der Waals surface area contributed by atoms with Crippen LogP contribution in [0.4, 0.5) is 4.79 Å². The van der Waals surface area contributed by atoms with Crippen molar-refractivity contribution in [1.29, 1.82) is 0 Å². The van der Waals surface area contributed by atoms with Crippen LogP contribution >= 0.6 is 0 Å². The van der Waals surface area contributed by atoms with Gasteiger partial charge in [0.05, 0.1) is 12.7 Å². The maximum Gasteiger partial charge on any atom is 0.321 e. The van der Waals surface area contributed by atoms with Gasteiger partial charge < -0.3 is 14.5 Å². The maximum absolute atomic E-state index is 11.6. The van der Waals surface area contributed by atoms with Gasteiger partial charge in [0.1, 0.15) is 5.76 Å². The quantitative estimate of drug-likeness (QED) is 0.555. The van der Waals surface area contributed by atoms with E-state index < -0.39 is 24.5 Å². The minimum absolute atomic E-state index is 0.113. The first-order valence-corrected chi connectivity index (χ1v) is 8.57. The van der Waals surface area contributed by atoms with E-state index in [-0.39, 0.29) is 6.42 Å². The number of hydrogen-bond acceptors (Lipinski definition) is 5. The van der Waals surface area contributed by atoms with Gasteiger partial charge >= 0.3 is 12.0 Å². The molecule has 2 N–H and O–H groups in total. The molecule has 0 atom stereocenters. The van der Waals surface area contributed by atoms with E-state index in [1.165, 1.54) is 24.7 Å². The number of imide groups is 1. The molecule has 2 rings (SSSR count). The van der Waals surface area contributed by atoms with Gasteiger partial charge in [-0.05, 0) is 44.2 Å². The highest BCUT2D eigenvalue weighted by Gasteiger charge is 2.12. The summed E-state index contributed by atoms with van der Waals surface area (Å²) in [5.41, 5.74) is 1.35. The molecule has 0 radical (unpaired) electrons. The third-order valence-electron chi connectivity index (χ3n) is 3.89. The van der Waals surface area contributed by atoms with Crippen LogP contribution in [-0.2, 0) is 20.7 Å². The third-order valence-corrected chi connectivity index (χ3v) is 3.89. The molecule has 0 saturated heterocycles. The zero-order chi connectivity index (χ0) is 17.9. The first-order valence-electron chi connectivity index (χ1n) is 8.57. The van der Waals surface area contributed by atoms with Crippen LogP contribution in [0.3, 0.4) is 0 Å². The van der Waals surface area contributed by atoms with Crippen LogP contribution in [0.1, 0.15) is 44.3 Å². The van der Waals surface area contributed by atoms with Crippen molar-refractivity contribution in [2.45, 2.75) is 44.9 Å². The molecule has 1 aromatic rings. The predicted octanol–water partition coefficient (Wildman–Crippen LogP) is 2.47. The third kappa shape index (κ3) is 7.69. The Bertz CT molecular complexity index is 607. The van der Waals surface area contributed by atoms with E-state index in [2.05, 4.69) is 16.7 Å². The van der Waals surface area contributed by atoms with Gasteiger partial charge in [0.2, 0.25) is 0 Å². The number of amides is 3. The summed E-state index contributed by atoms with van der Waals surface area (Å²) in [5.74, 6) is -0.495. The van der Waals surface area contributed by atoms with E-state index in [0.717, 1.165) is 19.3 Å². The normalized spacial score (nSPS) is 13.7. The zero-order valence-corrected chi connectivity index (χ0v) is 14.2. The smallest absolute Gasteiger partial charge is 0.321 e. The van der Waals surface area contributed by atoms with Crippen LogP contribution in [0.15, 0.2) is 34.5 Å². The molecular formula is C18H24N2O5. The molecule has 0 fully saturated rings. The number of hydrogen-bond donors (Lipinski definition) is 2. The highest BCUT2D eigenvalue weighted by Crippen LogP contribution is 2.19. The summed E-state index contributed by atoms with van der Waals surface area (Å²) in [7, 11) is 0. The van der Waals surface area contributed by atoms with Crippen molar-refractivity contribution >= 4 is 17.9 Å². The molecule has 1 heterocycles. The second kappa shape index (κ2) is 10.3. The van der Waals surface area contributed by atoms with Gasteiger partial charge in [-0.3, -0.25) is 14.9 Å². The average molecular weight is 348 g/mol. The van der Waals surface area contributed by atoms with E-state index >= 15 is 0 Å². The Morgan fingerprint density at radius 2 is 2.08 bits per heavy atom. The Balaban J connectivity index is 1.53. The topological polar surface area (TPSA) is 97.6 Å². The summed E-state index contributed by atoms with van der Waals surface area (Å²) < 4.78 is 9.92. The Morgan fingerprint density at radius 1 is 1.20 bits per heavy atom. The number of rotatable bonds is 8.